The van der Waals surface area contributed by atoms with Crippen LogP contribution in [-0.4, -0.2) is 93.3 Å². The van der Waals surface area contributed by atoms with Crippen molar-refractivity contribution in [1.82, 2.24) is 0 Å². The Morgan fingerprint density at radius 3 is 2.24 bits per heavy atom. The van der Waals surface area contributed by atoms with Crippen molar-refractivity contribution in [3.8, 4) is 23.0 Å². The molecular weight excluding hydrogens is 813 g/mol. The number of amides is 1. The summed E-state index contributed by atoms with van der Waals surface area (Å²) in [6.45, 7) is 18.5. The van der Waals surface area contributed by atoms with Gasteiger partial charge in [-0.3, -0.25) is 14.4 Å². The predicted octanol–water partition coefficient (Wildman–Crippen LogP) is 7.80. The summed E-state index contributed by atoms with van der Waals surface area (Å²) in [5.41, 5.74) is 1.64. The highest BCUT2D eigenvalue weighted by Gasteiger charge is 2.50. The number of nitrogens with zero attached hydrogens (tertiary/aromatic N) is 1. The van der Waals surface area contributed by atoms with E-state index in [2.05, 4.69) is 16.5 Å². The Morgan fingerprint density at radius 2 is 1.60 bits per heavy atom. The first-order valence-corrected chi connectivity index (χ1v) is 21.1. The number of fused-ring (bicyclic) bond motifs is 14. The van der Waals surface area contributed by atoms with Gasteiger partial charge in [-0.15, -0.1) is 0 Å². The first-order chi connectivity index (χ1) is 29.6. The molecule has 0 fully saturated rings. The zero-order valence-electron chi connectivity index (χ0n) is 38.3. The zero-order valence-corrected chi connectivity index (χ0v) is 38.3. The van der Waals surface area contributed by atoms with E-state index in [1.165, 1.54) is 58.8 Å². The molecule has 15 heteroatoms. The van der Waals surface area contributed by atoms with E-state index in [-0.39, 0.29) is 51.1 Å². The molecule has 5 bridgehead atoms. The molecule has 0 aromatic heterocycles. The van der Waals surface area contributed by atoms with Crippen LogP contribution in [0.1, 0.15) is 104 Å². The lowest BCUT2D eigenvalue weighted by atomic mass is 9.78. The maximum Gasteiger partial charge on any atom is 0.312 e. The third kappa shape index (κ3) is 11.1. The minimum Gasteiger partial charge on any atom is -0.507 e. The number of nitrogens with one attached hydrogen (secondary N) is 1. The number of Topliss-reactive ketones (excluding diaryl/α,β-unsaturated/α-hetero) is 1. The summed E-state index contributed by atoms with van der Waals surface area (Å²) < 4.78 is 23.6. The summed E-state index contributed by atoms with van der Waals surface area (Å²) in [5.74, 6) is -8.70. The van der Waals surface area contributed by atoms with Gasteiger partial charge in [0, 0.05) is 61.2 Å². The van der Waals surface area contributed by atoms with Crippen molar-refractivity contribution in [2.75, 3.05) is 19.0 Å². The van der Waals surface area contributed by atoms with Crippen LogP contribution in [0.2, 0.25) is 0 Å². The number of anilines is 1. The molecule has 2 aromatic carbocycles. The van der Waals surface area contributed by atoms with Crippen molar-refractivity contribution < 1.29 is 63.7 Å². The normalized spacial score (nSPS) is 29.1. The number of aliphatic hydroxyl groups is 2. The number of ether oxygens (including phenoxy) is 4. The van der Waals surface area contributed by atoms with Crippen LogP contribution in [0.4, 0.5) is 5.69 Å². The molecule has 3 aliphatic rings. The fraction of sp³-hybridized carbons (Fsp3) is 0.500. The number of hydrogen-bond acceptors (Lipinski definition) is 14. The molecule has 9 unspecified atom stereocenters. The van der Waals surface area contributed by atoms with Gasteiger partial charge in [0.05, 0.1) is 53.0 Å². The topological polar surface area (TPSA) is 223 Å². The van der Waals surface area contributed by atoms with E-state index in [1.807, 2.05) is 26.8 Å². The number of phenolic OH excluding ortho intramolecular Hbond substituents is 3. The third-order valence-electron chi connectivity index (χ3n) is 11.9. The second-order valence-corrected chi connectivity index (χ2v) is 17.0. The van der Waals surface area contributed by atoms with Crippen molar-refractivity contribution in [3.05, 3.63) is 76.1 Å². The van der Waals surface area contributed by atoms with Crippen LogP contribution in [0.5, 0.6) is 23.0 Å². The minimum absolute atomic E-state index is 0.0306. The van der Waals surface area contributed by atoms with Crippen LogP contribution in [0, 0.1) is 30.6 Å². The van der Waals surface area contributed by atoms with E-state index < -0.39 is 88.8 Å². The Balaban J connectivity index is 1.91. The molecule has 9 atom stereocenters. The molecule has 3 heterocycles. The van der Waals surface area contributed by atoms with Gasteiger partial charge < -0.3 is 54.6 Å². The molecule has 0 saturated carbocycles. The second-order valence-electron chi connectivity index (χ2n) is 17.0. The molecule has 15 nitrogen and oxygen atoms in total. The number of allylic oxidation sites excluding steroid dienone is 5. The zero-order chi connectivity index (χ0) is 47.1. The van der Waals surface area contributed by atoms with Crippen LogP contribution in [0.25, 0.3) is 10.8 Å². The number of oxime groups is 1. The third-order valence-corrected chi connectivity index (χ3v) is 11.9. The van der Waals surface area contributed by atoms with Crippen molar-refractivity contribution in [3.63, 3.8) is 0 Å². The molecule has 3 aliphatic heterocycles. The van der Waals surface area contributed by atoms with E-state index in [4.69, 9.17) is 23.8 Å². The maximum atomic E-state index is 14.4. The van der Waals surface area contributed by atoms with Crippen molar-refractivity contribution in [2.24, 2.45) is 28.8 Å². The number of aliphatic hydroxyl groups excluding tert-OH is 2. The van der Waals surface area contributed by atoms with Gasteiger partial charge >= 0.3 is 11.8 Å². The maximum absolute atomic E-state index is 14.4. The number of phenols is 3. The summed E-state index contributed by atoms with van der Waals surface area (Å²) in [6, 6.07) is 0. The largest absolute Gasteiger partial charge is 0.507 e. The molecular formula is C48H64N2O13. The fourth-order valence-electron chi connectivity index (χ4n) is 7.88. The molecule has 0 saturated heterocycles. The highest BCUT2D eigenvalue weighted by atomic mass is 16.7. The van der Waals surface area contributed by atoms with Crippen molar-refractivity contribution >= 4 is 40.3 Å². The number of rotatable bonds is 9. The number of ketones is 1. The van der Waals surface area contributed by atoms with E-state index in [9.17, 15) is 39.9 Å². The lowest BCUT2D eigenvalue weighted by Gasteiger charge is -2.38. The molecule has 0 radical (unpaired) electrons. The van der Waals surface area contributed by atoms with Crippen molar-refractivity contribution in [1.29, 1.82) is 0 Å². The molecule has 2 aromatic rings. The molecule has 63 heavy (non-hydrogen) atoms. The average Bonchev–Trinajstić information content (AvgIpc) is 3.49. The Bertz CT molecular complexity index is 2230. The van der Waals surface area contributed by atoms with Crippen LogP contribution in [-0.2, 0) is 28.6 Å². The number of benzene rings is 2. The Kier molecular flexibility index (Phi) is 16.8. The summed E-state index contributed by atoms with van der Waals surface area (Å²) in [7, 11) is 1.43. The monoisotopic (exact) mass is 876 g/mol. The van der Waals surface area contributed by atoms with Gasteiger partial charge in [0.1, 0.15) is 30.0 Å². The van der Waals surface area contributed by atoms with Gasteiger partial charge in [-0.25, -0.2) is 0 Å². The molecule has 344 valence electrons. The second kappa shape index (κ2) is 21.2. The standard InChI is InChI=1S/C48H64N2O13/c1-24(2)15-13-16-25(3)19-22-61-49-23-33-38-43(56)36-35(42(33)55)37-45(31(9)41(36)54)63-48(11,46(37)57)60-21-20-34(59-12)28(6)44(62-32(10)51)30(8)40(53)29(7)39(52)26(4)17-14-18-27(5)47(58)50-38/h14-15,17-21,23,26,28-30,34,39-40,44,52-56H,13,16,22H2,1-12H3,(H,50,58)/b17-14+,21-20+,25-19+,27-18-,49-23+. The van der Waals surface area contributed by atoms with Crippen molar-refractivity contribution in [2.45, 2.75) is 119 Å². The summed E-state index contributed by atoms with van der Waals surface area (Å²) in [5, 5.41) is 64.4. The summed E-state index contributed by atoms with van der Waals surface area (Å²) in [6.07, 6.45) is 10.2. The highest BCUT2D eigenvalue weighted by molar-refractivity contribution is 6.23. The highest BCUT2D eigenvalue weighted by Crippen LogP contribution is 2.55. The molecule has 5 rings (SSSR count). The number of aromatic hydroxyl groups is 3. The fourth-order valence-corrected chi connectivity index (χ4v) is 7.88. The van der Waals surface area contributed by atoms with Crippen LogP contribution in [0.3, 0.4) is 0 Å². The van der Waals surface area contributed by atoms with E-state index in [0.717, 1.165) is 24.6 Å². The number of carbonyl (C=O) groups is 3. The summed E-state index contributed by atoms with van der Waals surface area (Å²) >= 11 is 0. The van der Waals surface area contributed by atoms with E-state index in [0.29, 0.717) is 0 Å². The predicted molar refractivity (Wildman–Crippen MR) is 240 cm³/mol. The van der Waals surface area contributed by atoms with Gasteiger partial charge in [0.25, 0.3) is 11.7 Å². The minimum atomic E-state index is -2.07. The lowest BCUT2D eigenvalue weighted by molar-refractivity contribution is -0.160. The Labute approximate surface area is 369 Å². The van der Waals surface area contributed by atoms with Gasteiger partial charge in [0.2, 0.25) is 0 Å². The Morgan fingerprint density at radius 1 is 0.921 bits per heavy atom. The lowest BCUT2D eigenvalue weighted by Crippen LogP contribution is -2.46. The molecule has 0 spiro atoms. The van der Waals surface area contributed by atoms with Gasteiger partial charge in [-0.2, -0.15) is 0 Å². The van der Waals surface area contributed by atoms with Crippen LogP contribution < -0.4 is 10.1 Å². The first kappa shape index (κ1) is 50.0. The smallest absolute Gasteiger partial charge is 0.312 e. The van der Waals surface area contributed by atoms with E-state index in [1.54, 1.807) is 39.8 Å². The quantitative estimate of drug-likeness (QED) is 0.0270. The molecule has 1 amide bonds. The Hall–Kier alpha value is -5.64. The van der Waals surface area contributed by atoms with Crippen LogP contribution in [0.15, 0.2) is 64.6 Å². The van der Waals surface area contributed by atoms with Gasteiger partial charge in [-0.1, -0.05) is 68.3 Å². The average molecular weight is 877 g/mol. The van der Waals surface area contributed by atoms with E-state index >= 15 is 0 Å². The molecule has 0 aliphatic carbocycles. The number of esters is 1. The first-order valence-electron chi connectivity index (χ1n) is 21.1. The number of methoxy groups -OCH3 is 1. The van der Waals surface area contributed by atoms with Gasteiger partial charge in [-0.05, 0) is 59.6 Å². The number of hydrogen-bond donors (Lipinski definition) is 6. The number of carbonyl (C=O) groups excluding carboxylic acids is 3. The summed E-state index contributed by atoms with van der Waals surface area (Å²) in [4.78, 5) is 46.0. The van der Waals surface area contributed by atoms with Gasteiger partial charge in [0.15, 0.2) is 5.75 Å². The van der Waals surface area contributed by atoms with Crippen LogP contribution >= 0.6 is 0 Å². The SMILES string of the molecule is COC1/C=C/OC2(C)Oc3c(C)c(O)c4c(O)c(c(/C=N/OC/C=C(\C)CCC=C(C)C)c(O)c4c3C2=O)NC(=O)/C(C)=C\C=C\C(C)C(O)C(C)C(O)C(C)C(OC(C)=O)C1C. The molecule has 6 N–H and O–H groups in total.